The Morgan fingerprint density at radius 1 is 1.38 bits per heavy atom. The lowest BCUT2D eigenvalue weighted by molar-refractivity contribution is -0.119. The number of rotatable bonds is 5. The average molecular weight is 207 g/mol. The summed E-state index contributed by atoms with van der Waals surface area (Å²) >= 11 is 0. The third-order valence-corrected chi connectivity index (χ3v) is 3.16. The Labute approximate surface area is 79.8 Å². The molecule has 0 saturated carbocycles. The van der Waals surface area contributed by atoms with Crippen molar-refractivity contribution >= 4 is 15.8 Å². The first kappa shape index (κ1) is 12.6. The van der Waals surface area contributed by atoms with E-state index in [-0.39, 0.29) is 17.5 Å². The molecule has 0 aromatic rings. The van der Waals surface area contributed by atoms with Crippen molar-refractivity contribution < 1.29 is 13.2 Å². The van der Waals surface area contributed by atoms with Crippen LogP contribution in [0.25, 0.3) is 0 Å². The van der Waals surface area contributed by atoms with Crippen LogP contribution in [0.5, 0.6) is 0 Å². The fraction of sp³-hybridized carbons (Fsp3) is 0.875. The molecule has 0 spiro atoms. The predicted molar refractivity (Wildman–Crippen MR) is 51.9 cm³/mol. The van der Waals surface area contributed by atoms with Gasteiger partial charge in [0.15, 0.2) is 0 Å². The molecule has 4 nitrogen and oxygen atoms in total. The first-order valence-corrected chi connectivity index (χ1v) is 5.96. The van der Waals surface area contributed by atoms with Gasteiger partial charge < -0.3 is 0 Å². The van der Waals surface area contributed by atoms with Gasteiger partial charge in [-0.1, -0.05) is 13.8 Å². The molecule has 0 bridgehead atoms. The van der Waals surface area contributed by atoms with E-state index in [0.717, 1.165) is 0 Å². The molecule has 78 valence electrons. The zero-order chi connectivity index (χ0) is 10.6. The summed E-state index contributed by atoms with van der Waals surface area (Å²) in [5, 5.41) is 0. The molecule has 1 atom stereocenters. The maximum Gasteiger partial charge on any atom is 0.211 e. The van der Waals surface area contributed by atoms with Gasteiger partial charge in [0.2, 0.25) is 10.0 Å². The van der Waals surface area contributed by atoms with Crippen LogP contribution in [0.1, 0.15) is 27.7 Å². The number of nitrogens with one attached hydrogen (secondary N) is 1. The van der Waals surface area contributed by atoms with E-state index in [0.29, 0.717) is 0 Å². The SMILES string of the molecule is CCS(=O)(=O)NC(C(C)=O)C(C)C. The summed E-state index contributed by atoms with van der Waals surface area (Å²) in [6, 6.07) is -0.593. The fourth-order valence-electron chi connectivity index (χ4n) is 0.965. The number of ketones is 1. The van der Waals surface area contributed by atoms with Crippen molar-refractivity contribution in [3.63, 3.8) is 0 Å². The van der Waals surface area contributed by atoms with Gasteiger partial charge in [-0.3, -0.25) is 4.79 Å². The Bertz CT molecular complexity index is 269. The molecule has 0 rings (SSSR count). The van der Waals surface area contributed by atoms with Crippen molar-refractivity contribution in [2.45, 2.75) is 33.7 Å². The van der Waals surface area contributed by atoms with Crippen LogP contribution in [-0.2, 0) is 14.8 Å². The van der Waals surface area contributed by atoms with E-state index in [1.807, 2.05) is 13.8 Å². The Balaban J connectivity index is 4.54. The number of carbonyl (C=O) groups is 1. The van der Waals surface area contributed by atoms with Crippen LogP contribution in [0.15, 0.2) is 0 Å². The summed E-state index contributed by atoms with van der Waals surface area (Å²) in [6.45, 7) is 6.55. The highest BCUT2D eigenvalue weighted by Crippen LogP contribution is 2.04. The van der Waals surface area contributed by atoms with Gasteiger partial charge in [0.1, 0.15) is 5.78 Å². The molecular formula is C8H17NO3S. The average Bonchev–Trinajstić information content (AvgIpc) is 1.99. The van der Waals surface area contributed by atoms with E-state index < -0.39 is 16.1 Å². The number of hydrogen-bond acceptors (Lipinski definition) is 3. The van der Waals surface area contributed by atoms with E-state index >= 15 is 0 Å². The Hall–Kier alpha value is -0.420. The number of carbonyl (C=O) groups excluding carboxylic acids is 1. The Kier molecular flexibility index (Phi) is 4.56. The highest BCUT2D eigenvalue weighted by Gasteiger charge is 2.22. The zero-order valence-electron chi connectivity index (χ0n) is 8.49. The molecule has 0 aliphatic heterocycles. The molecule has 0 fully saturated rings. The van der Waals surface area contributed by atoms with Gasteiger partial charge in [-0.2, -0.15) is 0 Å². The van der Waals surface area contributed by atoms with Crippen molar-refractivity contribution in [2.75, 3.05) is 5.75 Å². The lowest BCUT2D eigenvalue weighted by Gasteiger charge is -2.18. The minimum atomic E-state index is -3.28. The van der Waals surface area contributed by atoms with E-state index in [9.17, 15) is 13.2 Å². The third kappa shape index (κ3) is 4.38. The fourth-order valence-corrected chi connectivity index (χ4v) is 1.96. The molecule has 13 heavy (non-hydrogen) atoms. The van der Waals surface area contributed by atoms with Crippen molar-refractivity contribution in [1.29, 1.82) is 0 Å². The second-order valence-corrected chi connectivity index (χ2v) is 5.40. The normalized spacial score (nSPS) is 14.5. The molecular weight excluding hydrogens is 190 g/mol. The highest BCUT2D eigenvalue weighted by molar-refractivity contribution is 7.89. The topological polar surface area (TPSA) is 63.2 Å². The van der Waals surface area contributed by atoms with Gasteiger partial charge in [-0.25, -0.2) is 13.1 Å². The van der Waals surface area contributed by atoms with E-state index in [1.165, 1.54) is 6.92 Å². The van der Waals surface area contributed by atoms with E-state index in [2.05, 4.69) is 4.72 Å². The minimum absolute atomic E-state index is 0.00347. The number of hydrogen-bond donors (Lipinski definition) is 1. The quantitative estimate of drug-likeness (QED) is 0.715. The van der Waals surface area contributed by atoms with Crippen LogP contribution in [0.4, 0.5) is 0 Å². The van der Waals surface area contributed by atoms with Crippen molar-refractivity contribution in [2.24, 2.45) is 5.92 Å². The Morgan fingerprint density at radius 3 is 2.08 bits per heavy atom. The van der Waals surface area contributed by atoms with Crippen LogP contribution in [0.2, 0.25) is 0 Å². The van der Waals surface area contributed by atoms with Crippen LogP contribution in [-0.4, -0.2) is 26.0 Å². The highest BCUT2D eigenvalue weighted by atomic mass is 32.2. The number of Topliss-reactive ketones (excluding diaryl/α,β-unsaturated/α-hetero) is 1. The van der Waals surface area contributed by atoms with Crippen LogP contribution < -0.4 is 4.72 Å². The standard InChI is InChI=1S/C8H17NO3S/c1-5-13(11,12)9-8(6(2)3)7(4)10/h6,8-9H,5H2,1-4H3. The smallest absolute Gasteiger partial charge is 0.211 e. The molecule has 0 radical (unpaired) electrons. The summed E-state index contributed by atoms with van der Waals surface area (Å²) < 4.78 is 24.7. The minimum Gasteiger partial charge on any atom is -0.298 e. The predicted octanol–water partition coefficient (Wildman–Crippen LogP) is 0.539. The largest absolute Gasteiger partial charge is 0.298 e. The third-order valence-electron chi connectivity index (χ3n) is 1.79. The van der Waals surface area contributed by atoms with Crippen LogP contribution >= 0.6 is 0 Å². The first-order chi connectivity index (χ1) is 5.80. The van der Waals surface area contributed by atoms with Crippen molar-refractivity contribution in [3.8, 4) is 0 Å². The summed E-state index contributed by atoms with van der Waals surface area (Å²) in [5.74, 6) is -0.158. The molecule has 0 aliphatic carbocycles. The summed E-state index contributed by atoms with van der Waals surface area (Å²) in [4.78, 5) is 11.1. The number of sulfonamides is 1. The monoisotopic (exact) mass is 207 g/mol. The molecule has 1 unspecified atom stereocenters. The molecule has 0 amide bonds. The molecule has 0 saturated heterocycles. The second-order valence-electron chi connectivity index (χ2n) is 3.35. The molecule has 5 heteroatoms. The maximum atomic E-state index is 11.2. The molecule has 0 aromatic heterocycles. The Morgan fingerprint density at radius 2 is 1.85 bits per heavy atom. The first-order valence-electron chi connectivity index (χ1n) is 4.30. The molecule has 0 aliphatic rings. The maximum absolute atomic E-state index is 11.2. The summed E-state index contributed by atoms with van der Waals surface area (Å²) in [7, 11) is -3.28. The van der Waals surface area contributed by atoms with Crippen molar-refractivity contribution in [3.05, 3.63) is 0 Å². The van der Waals surface area contributed by atoms with Crippen LogP contribution in [0.3, 0.4) is 0 Å². The second kappa shape index (κ2) is 4.72. The van der Waals surface area contributed by atoms with Gasteiger partial charge in [0.25, 0.3) is 0 Å². The van der Waals surface area contributed by atoms with Gasteiger partial charge in [-0.05, 0) is 19.8 Å². The summed E-state index contributed by atoms with van der Waals surface area (Å²) in [5.41, 5.74) is 0. The summed E-state index contributed by atoms with van der Waals surface area (Å²) in [6.07, 6.45) is 0. The lowest BCUT2D eigenvalue weighted by Crippen LogP contribution is -2.43. The molecule has 1 N–H and O–H groups in total. The van der Waals surface area contributed by atoms with Crippen molar-refractivity contribution in [1.82, 2.24) is 4.72 Å². The van der Waals surface area contributed by atoms with Crippen LogP contribution in [0, 0.1) is 5.92 Å². The molecule has 0 aromatic carbocycles. The lowest BCUT2D eigenvalue weighted by atomic mass is 10.0. The van der Waals surface area contributed by atoms with Gasteiger partial charge in [-0.15, -0.1) is 0 Å². The zero-order valence-corrected chi connectivity index (χ0v) is 9.31. The van der Waals surface area contributed by atoms with Gasteiger partial charge >= 0.3 is 0 Å². The van der Waals surface area contributed by atoms with E-state index in [4.69, 9.17) is 0 Å². The van der Waals surface area contributed by atoms with Gasteiger partial charge in [0, 0.05) is 0 Å². The van der Waals surface area contributed by atoms with E-state index in [1.54, 1.807) is 6.92 Å². The van der Waals surface area contributed by atoms with Gasteiger partial charge in [0.05, 0.1) is 11.8 Å². The molecule has 0 heterocycles.